The number of pyridine rings is 1. The van der Waals surface area contributed by atoms with Crippen molar-refractivity contribution in [3.05, 3.63) is 90.5 Å². The highest BCUT2D eigenvalue weighted by Gasteiger charge is 2.15. The minimum atomic E-state index is -0.391. The van der Waals surface area contributed by atoms with Crippen molar-refractivity contribution in [1.82, 2.24) is 15.0 Å². The Balaban J connectivity index is 1.38. The van der Waals surface area contributed by atoms with Crippen molar-refractivity contribution in [1.29, 1.82) is 0 Å². The van der Waals surface area contributed by atoms with Crippen LogP contribution in [0, 0.1) is 0 Å². The first-order chi connectivity index (χ1) is 14.7. The van der Waals surface area contributed by atoms with Gasteiger partial charge in [0.15, 0.2) is 0 Å². The molecule has 0 saturated carbocycles. The second kappa shape index (κ2) is 7.21. The Morgan fingerprint density at radius 1 is 0.633 bits per heavy atom. The Morgan fingerprint density at radius 3 is 1.60 bits per heavy atom. The van der Waals surface area contributed by atoms with Gasteiger partial charge in [-0.05, 0) is 36.4 Å². The number of anilines is 2. The number of aromatic amines is 2. The van der Waals surface area contributed by atoms with Gasteiger partial charge in [0.2, 0.25) is 0 Å². The van der Waals surface area contributed by atoms with Gasteiger partial charge >= 0.3 is 0 Å². The molecule has 30 heavy (non-hydrogen) atoms. The summed E-state index contributed by atoms with van der Waals surface area (Å²) in [5.74, 6) is -0.781. The third-order valence-electron chi connectivity index (χ3n) is 4.89. The molecule has 0 aliphatic carbocycles. The van der Waals surface area contributed by atoms with E-state index >= 15 is 0 Å². The van der Waals surface area contributed by atoms with E-state index in [1.54, 1.807) is 18.2 Å². The van der Waals surface area contributed by atoms with Gasteiger partial charge in [-0.15, -0.1) is 0 Å². The highest BCUT2D eigenvalue weighted by Crippen LogP contribution is 2.23. The minimum absolute atomic E-state index is 0.157. The minimum Gasteiger partial charge on any atom is -0.359 e. The molecule has 0 spiro atoms. The highest BCUT2D eigenvalue weighted by atomic mass is 16.2. The molecule has 3 heterocycles. The number of carbonyl (C=O) groups excluding carboxylic acids is 2. The van der Waals surface area contributed by atoms with Crippen LogP contribution in [0.3, 0.4) is 0 Å². The fourth-order valence-corrected chi connectivity index (χ4v) is 3.44. The predicted molar refractivity (Wildman–Crippen MR) is 117 cm³/mol. The van der Waals surface area contributed by atoms with Crippen LogP contribution in [0.4, 0.5) is 11.4 Å². The molecule has 146 valence electrons. The van der Waals surface area contributed by atoms with E-state index in [1.807, 2.05) is 60.9 Å². The first kappa shape index (κ1) is 17.7. The zero-order valence-corrected chi connectivity index (χ0v) is 15.8. The standard InChI is InChI=1S/C23H17N5O2/c29-22(27-16-6-1-4-14-10-12-24-20(14)16)18-8-3-9-19(26-18)23(30)28-17-7-2-5-15-11-13-25-21(15)17/h1-13,24-25H,(H,27,29)(H,28,30). The summed E-state index contributed by atoms with van der Waals surface area (Å²) in [5.41, 5.74) is 3.28. The number of para-hydroxylation sites is 2. The summed E-state index contributed by atoms with van der Waals surface area (Å²) in [6, 6.07) is 19.9. The van der Waals surface area contributed by atoms with E-state index in [-0.39, 0.29) is 11.4 Å². The van der Waals surface area contributed by atoms with E-state index in [4.69, 9.17) is 0 Å². The molecule has 0 bridgehead atoms. The van der Waals surface area contributed by atoms with E-state index in [1.165, 1.54) is 0 Å². The topological polar surface area (TPSA) is 103 Å². The van der Waals surface area contributed by atoms with Gasteiger partial charge in [0.1, 0.15) is 11.4 Å². The largest absolute Gasteiger partial charge is 0.359 e. The van der Waals surface area contributed by atoms with Crippen LogP contribution in [0.1, 0.15) is 21.0 Å². The van der Waals surface area contributed by atoms with Crippen LogP contribution in [0.15, 0.2) is 79.1 Å². The maximum atomic E-state index is 12.7. The number of benzene rings is 2. The Bertz CT molecular complexity index is 1300. The van der Waals surface area contributed by atoms with Gasteiger partial charge in [0.25, 0.3) is 11.8 Å². The number of amides is 2. The Labute approximate surface area is 171 Å². The average Bonchev–Trinajstić information content (AvgIpc) is 3.44. The van der Waals surface area contributed by atoms with Crippen molar-refractivity contribution in [2.24, 2.45) is 0 Å². The van der Waals surface area contributed by atoms with Crippen LogP contribution in [-0.2, 0) is 0 Å². The lowest BCUT2D eigenvalue weighted by Gasteiger charge is -2.09. The average molecular weight is 395 g/mol. The molecule has 0 saturated heterocycles. The molecule has 2 aromatic carbocycles. The van der Waals surface area contributed by atoms with Crippen LogP contribution in [0.25, 0.3) is 21.8 Å². The number of aromatic nitrogens is 3. The number of hydrogen-bond donors (Lipinski definition) is 4. The monoisotopic (exact) mass is 395 g/mol. The second-order valence-electron chi connectivity index (χ2n) is 6.81. The number of nitrogens with zero attached hydrogens (tertiary/aromatic N) is 1. The fraction of sp³-hybridized carbons (Fsp3) is 0. The van der Waals surface area contributed by atoms with E-state index in [2.05, 4.69) is 25.6 Å². The Kier molecular flexibility index (Phi) is 4.25. The molecule has 0 fully saturated rings. The Morgan fingerprint density at radius 2 is 1.10 bits per heavy atom. The quantitative estimate of drug-likeness (QED) is 0.359. The molecular formula is C23H17N5O2. The molecule has 7 heteroatoms. The molecular weight excluding hydrogens is 378 g/mol. The molecule has 4 N–H and O–H groups in total. The molecule has 0 radical (unpaired) electrons. The van der Waals surface area contributed by atoms with E-state index < -0.39 is 11.8 Å². The molecule has 0 aliphatic heterocycles. The number of rotatable bonds is 4. The molecule has 0 aliphatic rings. The van der Waals surface area contributed by atoms with Gasteiger partial charge in [0.05, 0.1) is 22.4 Å². The Hall–Kier alpha value is -4.39. The molecule has 7 nitrogen and oxygen atoms in total. The van der Waals surface area contributed by atoms with Crippen molar-refractivity contribution in [2.75, 3.05) is 10.6 Å². The third kappa shape index (κ3) is 3.18. The van der Waals surface area contributed by atoms with Crippen molar-refractivity contribution in [3.8, 4) is 0 Å². The SMILES string of the molecule is O=C(Nc1cccc2cc[nH]c12)c1cccc(C(=O)Nc2cccc3cc[nH]c23)n1. The van der Waals surface area contributed by atoms with E-state index in [0.29, 0.717) is 11.4 Å². The summed E-state index contributed by atoms with van der Waals surface area (Å²) >= 11 is 0. The first-order valence-corrected chi connectivity index (χ1v) is 9.41. The molecule has 2 amide bonds. The van der Waals surface area contributed by atoms with E-state index in [0.717, 1.165) is 21.8 Å². The van der Waals surface area contributed by atoms with Crippen molar-refractivity contribution in [2.45, 2.75) is 0 Å². The maximum absolute atomic E-state index is 12.7. The van der Waals surface area contributed by atoms with Crippen LogP contribution in [0.5, 0.6) is 0 Å². The molecule has 0 unspecified atom stereocenters. The first-order valence-electron chi connectivity index (χ1n) is 9.41. The number of nitrogens with one attached hydrogen (secondary N) is 4. The normalized spacial score (nSPS) is 10.9. The molecule has 3 aromatic heterocycles. The van der Waals surface area contributed by atoms with Crippen LogP contribution < -0.4 is 10.6 Å². The number of H-pyrrole nitrogens is 2. The van der Waals surface area contributed by atoms with Crippen LogP contribution in [-0.4, -0.2) is 26.8 Å². The summed E-state index contributed by atoms with van der Waals surface area (Å²) in [6.07, 6.45) is 3.63. The van der Waals surface area contributed by atoms with Gasteiger partial charge in [0, 0.05) is 23.2 Å². The van der Waals surface area contributed by atoms with Gasteiger partial charge in [-0.25, -0.2) is 4.98 Å². The van der Waals surface area contributed by atoms with Gasteiger partial charge in [-0.2, -0.15) is 0 Å². The second-order valence-corrected chi connectivity index (χ2v) is 6.81. The summed E-state index contributed by atoms with van der Waals surface area (Å²) in [5, 5.41) is 7.69. The van der Waals surface area contributed by atoms with Gasteiger partial charge in [-0.1, -0.05) is 30.3 Å². The van der Waals surface area contributed by atoms with Crippen molar-refractivity contribution < 1.29 is 9.59 Å². The maximum Gasteiger partial charge on any atom is 0.274 e. The number of carbonyl (C=O) groups is 2. The molecule has 5 rings (SSSR count). The van der Waals surface area contributed by atoms with Gasteiger partial charge < -0.3 is 20.6 Å². The summed E-state index contributed by atoms with van der Waals surface area (Å²) in [6.45, 7) is 0. The van der Waals surface area contributed by atoms with Crippen molar-refractivity contribution in [3.63, 3.8) is 0 Å². The van der Waals surface area contributed by atoms with Crippen molar-refractivity contribution >= 4 is 45.0 Å². The lowest BCUT2D eigenvalue weighted by atomic mass is 10.2. The van der Waals surface area contributed by atoms with E-state index in [9.17, 15) is 9.59 Å². The van der Waals surface area contributed by atoms with Gasteiger partial charge in [-0.3, -0.25) is 9.59 Å². The fourth-order valence-electron chi connectivity index (χ4n) is 3.44. The molecule has 5 aromatic rings. The number of fused-ring (bicyclic) bond motifs is 2. The zero-order chi connectivity index (χ0) is 20.5. The number of hydrogen-bond acceptors (Lipinski definition) is 3. The summed E-state index contributed by atoms with van der Waals surface area (Å²) < 4.78 is 0. The lowest BCUT2D eigenvalue weighted by molar-refractivity contribution is 0.101. The summed E-state index contributed by atoms with van der Waals surface area (Å²) in [4.78, 5) is 35.9. The third-order valence-corrected chi connectivity index (χ3v) is 4.89. The predicted octanol–water partition coefficient (Wildman–Crippen LogP) is 4.55. The molecule has 0 atom stereocenters. The zero-order valence-electron chi connectivity index (χ0n) is 15.8. The highest BCUT2D eigenvalue weighted by molar-refractivity contribution is 6.10. The summed E-state index contributed by atoms with van der Waals surface area (Å²) in [7, 11) is 0. The smallest absolute Gasteiger partial charge is 0.274 e. The lowest BCUT2D eigenvalue weighted by Crippen LogP contribution is -2.18. The van der Waals surface area contributed by atoms with Crippen LogP contribution in [0.2, 0.25) is 0 Å². The van der Waals surface area contributed by atoms with Crippen LogP contribution >= 0.6 is 0 Å².